The van der Waals surface area contributed by atoms with Crippen molar-refractivity contribution >= 4 is 39.3 Å². The molecule has 0 aromatic heterocycles. The highest BCUT2D eigenvalue weighted by Crippen LogP contribution is 2.35. The molecule has 0 radical (unpaired) electrons. The molecule has 2 amide bonds. The zero-order valence-electron chi connectivity index (χ0n) is 21.0. The molecule has 196 valence electrons. The summed E-state index contributed by atoms with van der Waals surface area (Å²) in [5, 5.41) is 1.02. The number of halogens is 2. The Bertz CT molecular complexity index is 1180. The highest BCUT2D eigenvalue weighted by molar-refractivity contribution is 7.88. The van der Waals surface area contributed by atoms with Gasteiger partial charge in [0.05, 0.1) is 16.3 Å². The molecule has 0 spiro atoms. The summed E-state index contributed by atoms with van der Waals surface area (Å²) in [5.41, 5.74) is 3.59. The molecule has 2 atom stereocenters. The third-order valence-corrected chi connectivity index (χ3v) is 9.38. The number of aryl methyl sites for hydroxylation is 1. The summed E-state index contributed by atoms with van der Waals surface area (Å²) >= 11 is 12.5. The molecule has 2 aromatic rings. The van der Waals surface area contributed by atoms with Crippen LogP contribution in [-0.4, -0.2) is 92.1 Å². The van der Waals surface area contributed by atoms with Crippen molar-refractivity contribution in [1.29, 1.82) is 0 Å². The van der Waals surface area contributed by atoms with E-state index in [4.69, 9.17) is 23.2 Å². The van der Waals surface area contributed by atoms with Crippen LogP contribution in [0, 0.1) is 0 Å². The average Bonchev–Trinajstić information content (AvgIpc) is 3.31. The molecule has 2 saturated heterocycles. The van der Waals surface area contributed by atoms with Gasteiger partial charge in [-0.05, 0) is 42.3 Å². The number of hydrogen-bond donors (Lipinski definition) is 0. The minimum Gasteiger partial charge on any atom is -0.322 e. The smallest absolute Gasteiger partial charge is 0.320 e. The van der Waals surface area contributed by atoms with Crippen LogP contribution < -0.4 is 0 Å². The van der Waals surface area contributed by atoms with E-state index in [2.05, 4.69) is 43.1 Å². The van der Waals surface area contributed by atoms with Crippen LogP contribution in [0.15, 0.2) is 42.5 Å². The van der Waals surface area contributed by atoms with E-state index in [9.17, 15) is 13.2 Å². The fraction of sp³-hybridized carbons (Fsp3) is 0.500. The summed E-state index contributed by atoms with van der Waals surface area (Å²) in [6.07, 6.45) is 2.22. The Morgan fingerprint density at radius 3 is 2.17 bits per heavy atom. The molecule has 0 aliphatic carbocycles. The number of likely N-dealkylation sites (tertiary alicyclic amines) is 1. The number of sulfonamides is 1. The van der Waals surface area contributed by atoms with Crippen molar-refractivity contribution in [1.82, 2.24) is 19.0 Å². The second kappa shape index (κ2) is 11.3. The molecule has 7 nitrogen and oxygen atoms in total. The summed E-state index contributed by atoms with van der Waals surface area (Å²) in [4.78, 5) is 19.4. The van der Waals surface area contributed by atoms with E-state index >= 15 is 0 Å². The third-order valence-electron chi connectivity index (χ3n) is 7.34. The lowest BCUT2D eigenvalue weighted by Gasteiger charge is -2.35. The highest BCUT2D eigenvalue weighted by Gasteiger charge is 2.40. The average molecular weight is 554 g/mol. The van der Waals surface area contributed by atoms with Crippen molar-refractivity contribution in [2.45, 2.75) is 31.8 Å². The van der Waals surface area contributed by atoms with Crippen molar-refractivity contribution in [3.63, 3.8) is 0 Å². The Balaban J connectivity index is 1.52. The summed E-state index contributed by atoms with van der Waals surface area (Å²) in [6, 6.07) is 14.4. The van der Waals surface area contributed by atoms with Gasteiger partial charge in [0.2, 0.25) is 10.0 Å². The topological polar surface area (TPSA) is 64.2 Å². The van der Waals surface area contributed by atoms with E-state index in [0.717, 1.165) is 18.5 Å². The molecule has 2 aliphatic rings. The molecule has 0 bridgehead atoms. The zero-order valence-corrected chi connectivity index (χ0v) is 23.4. The number of benzene rings is 2. The Kier molecular flexibility index (Phi) is 8.52. The molecule has 0 saturated carbocycles. The molecule has 2 aliphatic heterocycles. The number of carbonyl (C=O) groups is 1. The largest absolute Gasteiger partial charge is 0.322 e. The zero-order chi connectivity index (χ0) is 26.0. The molecular formula is C26H34Cl2N4O3S. The molecule has 0 unspecified atom stereocenters. The summed E-state index contributed by atoms with van der Waals surface area (Å²) in [6.45, 7) is 5.49. The minimum atomic E-state index is -3.25. The predicted octanol–water partition coefficient (Wildman–Crippen LogP) is 4.15. The van der Waals surface area contributed by atoms with Crippen molar-refractivity contribution < 1.29 is 13.2 Å². The number of urea groups is 1. The van der Waals surface area contributed by atoms with Crippen LogP contribution in [0.2, 0.25) is 10.0 Å². The van der Waals surface area contributed by atoms with Gasteiger partial charge < -0.3 is 9.80 Å². The number of rotatable bonds is 6. The van der Waals surface area contributed by atoms with Gasteiger partial charge in [-0.1, -0.05) is 60.5 Å². The van der Waals surface area contributed by atoms with Gasteiger partial charge in [0.1, 0.15) is 0 Å². The Hall–Kier alpha value is -1.84. The number of amides is 2. The lowest BCUT2D eigenvalue weighted by atomic mass is 9.93. The van der Waals surface area contributed by atoms with Gasteiger partial charge in [0.15, 0.2) is 0 Å². The molecule has 4 rings (SSSR count). The number of hydrogen-bond acceptors (Lipinski definition) is 4. The van der Waals surface area contributed by atoms with E-state index in [1.54, 1.807) is 4.90 Å². The monoisotopic (exact) mass is 552 g/mol. The first kappa shape index (κ1) is 27.2. The van der Waals surface area contributed by atoms with Crippen molar-refractivity contribution in [2.24, 2.45) is 0 Å². The van der Waals surface area contributed by atoms with Crippen LogP contribution in [0.4, 0.5) is 4.79 Å². The van der Waals surface area contributed by atoms with Gasteiger partial charge in [-0.25, -0.2) is 13.2 Å². The molecule has 2 aromatic carbocycles. The molecular weight excluding hydrogens is 519 g/mol. The Morgan fingerprint density at radius 1 is 0.944 bits per heavy atom. The second-order valence-electron chi connectivity index (χ2n) is 9.77. The minimum absolute atomic E-state index is 0.0450. The van der Waals surface area contributed by atoms with Crippen LogP contribution in [0.1, 0.15) is 29.5 Å². The normalized spacial score (nSPS) is 21.4. The van der Waals surface area contributed by atoms with E-state index in [1.165, 1.54) is 21.7 Å². The first-order valence-corrected chi connectivity index (χ1v) is 14.9. The first-order chi connectivity index (χ1) is 17.1. The van der Waals surface area contributed by atoms with Crippen molar-refractivity contribution in [3.05, 3.63) is 69.2 Å². The standard InChI is InChI=1S/C26H34Cl2N4O3S/c1-4-19-5-7-20(8-6-19)16-29(2)25-18-31(17-22(25)21-9-10-23(27)24(28)15-21)26(33)30-11-13-32(14-12-30)36(3,34)35/h5-10,15,22,25H,4,11-14,16-18H2,1-3H3/t22-,25+/m1/s1. The van der Waals surface area contributed by atoms with Gasteiger partial charge in [-0.2, -0.15) is 4.31 Å². The van der Waals surface area contributed by atoms with Crippen molar-refractivity contribution in [2.75, 3.05) is 52.6 Å². The maximum Gasteiger partial charge on any atom is 0.320 e. The van der Waals surface area contributed by atoms with E-state index < -0.39 is 10.0 Å². The van der Waals surface area contributed by atoms with Crippen LogP contribution >= 0.6 is 23.2 Å². The fourth-order valence-electron chi connectivity index (χ4n) is 5.16. The van der Waals surface area contributed by atoms with E-state index in [1.807, 2.05) is 23.1 Å². The van der Waals surface area contributed by atoms with Gasteiger partial charge in [-0.15, -0.1) is 0 Å². The summed E-state index contributed by atoms with van der Waals surface area (Å²) < 4.78 is 25.2. The molecule has 36 heavy (non-hydrogen) atoms. The lowest BCUT2D eigenvalue weighted by molar-refractivity contribution is 0.138. The second-order valence-corrected chi connectivity index (χ2v) is 12.6. The molecule has 2 heterocycles. The molecule has 0 N–H and O–H groups in total. The Labute approximate surface area is 224 Å². The maximum atomic E-state index is 13.5. The molecule has 10 heteroatoms. The van der Waals surface area contributed by atoms with Crippen LogP contribution in [-0.2, 0) is 23.0 Å². The third kappa shape index (κ3) is 6.17. The van der Waals surface area contributed by atoms with Crippen LogP contribution in [0.3, 0.4) is 0 Å². The number of piperazine rings is 1. The van der Waals surface area contributed by atoms with E-state index in [-0.39, 0.29) is 18.0 Å². The summed E-state index contributed by atoms with van der Waals surface area (Å²) in [5.74, 6) is 0.0703. The van der Waals surface area contributed by atoms with Gasteiger partial charge in [0, 0.05) is 57.8 Å². The predicted molar refractivity (Wildman–Crippen MR) is 145 cm³/mol. The van der Waals surface area contributed by atoms with E-state index in [0.29, 0.717) is 49.3 Å². The first-order valence-electron chi connectivity index (χ1n) is 12.3. The van der Waals surface area contributed by atoms with Crippen LogP contribution in [0.25, 0.3) is 0 Å². The number of likely N-dealkylation sites (N-methyl/N-ethyl adjacent to an activating group) is 1. The quantitative estimate of drug-likeness (QED) is 0.539. The lowest BCUT2D eigenvalue weighted by Crippen LogP contribution is -2.53. The maximum absolute atomic E-state index is 13.5. The SMILES string of the molecule is CCc1ccc(CN(C)[C@H]2CN(C(=O)N3CCN(S(C)(=O)=O)CC3)C[C@@H]2c2ccc(Cl)c(Cl)c2)cc1. The Morgan fingerprint density at radius 2 is 1.58 bits per heavy atom. The number of nitrogens with zero attached hydrogens (tertiary/aromatic N) is 4. The number of carbonyl (C=O) groups excluding carboxylic acids is 1. The van der Waals surface area contributed by atoms with Gasteiger partial charge >= 0.3 is 6.03 Å². The van der Waals surface area contributed by atoms with Gasteiger partial charge in [0.25, 0.3) is 0 Å². The van der Waals surface area contributed by atoms with Crippen molar-refractivity contribution in [3.8, 4) is 0 Å². The molecule has 2 fully saturated rings. The van der Waals surface area contributed by atoms with Gasteiger partial charge in [-0.3, -0.25) is 4.90 Å². The highest BCUT2D eigenvalue weighted by atomic mass is 35.5. The summed E-state index contributed by atoms with van der Waals surface area (Å²) in [7, 11) is -1.15. The fourth-order valence-corrected chi connectivity index (χ4v) is 6.29. The van der Waals surface area contributed by atoms with Crippen LogP contribution in [0.5, 0.6) is 0 Å².